The number of phenols is 4. The molecule has 0 aromatic heterocycles. The minimum atomic E-state index is -0.0403. The number of rotatable bonds is 5. The minimum Gasteiger partial charge on any atom is -0.508 e. The van der Waals surface area contributed by atoms with Gasteiger partial charge in [0, 0.05) is 18.7 Å². The summed E-state index contributed by atoms with van der Waals surface area (Å²) in [6.45, 7) is 0.430. The van der Waals surface area contributed by atoms with Gasteiger partial charge in [-0.2, -0.15) is 5.48 Å². The molecule has 0 aliphatic carbocycles. The van der Waals surface area contributed by atoms with Crippen molar-refractivity contribution in [3.05, 3.63) is 47.5 Å². The van der Waals surface area contributed by atoms with Gasteiger partial charge < -0.3 is 20.4 Å². The lowest BCUT2D eigenvalue weighted by Gasteiger charge is -2.08. The Bertz CT molecular complexity index is 506. The van der Waals surface area contributed by atoms with E-state index in [0.717, 1.165) is 0 Å². The van der Waals surface area contributed by atoms with E-state index in [1.165, 1.54) is 36.4 Å². The number of benzene rings is 2. The Kier molecular flexibility index (Phi) is 4.29. The maximum absolute atomic E-state index is 9.31. The molecular formula is C14H15NO5. The van der Waals surface area contributed by atoms with E-state index in [-0.39, 0.29) is 36.1 Å². The van der Waals surface area contributed by atoms with Crippen LogP contribution in [0.4, 0.5) is 0 Å². The first-order valence-corrected chi connectivity index (χ1v) is 5.91. The van der Waals surface area contributed by atoms with Crippen molar-refractivity contribution in [3.63, 3.8) is 0 Å². The minimum absolute atomic E-state index is 0.0281. The summed E-state index contributed by atoms with van der Waals surface area (Å²) in [7, 11) is 0. The van der Waals surface area contributed by atoms with Crippen molar-refractivity contribution in [1.82, 2.24) is 5.48 Å². The maximum Gasteiger partial charge on any atom is 0.119 e. The molecule has 0 heterocycles. The molecule has 0 saturated heterocycles. The van der Waals surface area contributed by atoms with Gasteiger partial charge in [-0.15, -0.1) is 0 Å². The topological polar surface area (TPSA) is 102 Å². The van der Waals surface area contributed by atoms with Crippen molar-refractivity contribution in [3.8, 4) is 23.0 Å². The Morgan fingerprint density at radius 2 is 1.15 bits per heavy atom. The summed E-state index contributed by atoms with van der Waals surface area (Å²) in [5.41, 5.74) is 3.92. The van der Waals surface area contributed by atoms with Crippen LogP contribution in [0, 0.1) is 0 Å². The number of nitrogens with one attached hydrogen (secondary N) is 1. The fourth-order valence-corrected chi connectivity index (χ4v) is 1.77. The second-order valence-corrected chi connectivity index (χ2v) is 4.33. The van der Waals surface area contributed by atoms with Gasteiger partial charge >= 0.3 is 0 Å². The van der Waals surface area contributed by atoms with Gasteiger partial charge in [0.25, 0.3) is 0 Å². The van der Waals surface area contributed by atoms with Gasteiger partial charge in [0.15, 0.2) is 0 Å². The third kappa shape index (κ3) is 4.04. The molecule has 5 N–H and O–H groups in total. The number of aromatic hydroxyl groups is 4. The molecule has 0 spiro atoms. The van der Waals surface area contributed by atoms with Gasteiger partial charge in [0.05, 0.1) is 6.61 Å². The molecule has 0 amide bonds. The molecule has 0 bridgehead atoms. The summed E-state index contributed by atoms with van der Waals surface area (Å²) in [5, 5.41) is 37.2. The number of phenolic OH excluding ortho intramolecular Hbond substituents is 4. The van der Waals surface area contributed by atoms with Crippen molar-refractivity contribution in [2.45, 2.75) is 13.2 Å². The largest absolute Gasteiger partial charge is 0.508 e. The van der Waals surface area contributed by atoms with Crippen LogP contribution in [0.2, 0.25) is 0 Å². The van der Waals surface area contributed by atoms with Crippen LogP contribution in [0.1, 0.15) is 11.1 Å². The first-order chi connectivity index (χ1) is 9.52. The molecular weight excluding hydrogens is 262 g/mol. The predicted molar refractivity (Wildman–Crippen MR) is 71.2 cm³/mol. The number of hydrogen-bond acceptors (Lipinski definition) is 6. The number of hydroxylamine groups is 1. The molecule has 6 heteroatoms. The average molecular weight is 277 g/mol. The van der Waals surface area contributed by atoms with E-state index in [2.05, 4.69) is 5.48 Å². The Morgan fingerprint density at radius 1 is 0.700 bits per heavy atom. The lowest BCUT2D eigenvalue weighted by atomic mass is 10.2. The zero-order chi connectivity index (χ0) is 14.5. The molecule has 2 rings (SSSR count). The lowest BCUT2D eigenvalue weighted by Crippen LogP contribution is -2.13. The first-order valence-electron chi connectivity index (χ1n) is 5.91. The molecule has 106 valence electrons. The monoisotopic (exact) mass is 277 g/mol. The summed E-state index contributed by atoms with van der Waals surface area (Å²) in [4.78, 5) is 5.18. The van der Waals surface area contributed by atoms with Crippen LogP contribution >= 0.6 is 0 Å². The van der Waals surface area contributed by atoms with Crippen molar-refractivity contribution >= 4 is 0 Å². The van der Waals surface area contributed by atoms with E-state index >= 15 is 0 Å². The normalized spacial score (nSPS) is 10.6. The molecule has 0 saturated carbocycles. The molecule has 0 unspecified atom stereocenters. The summed E-state index contributed by atoms with van der Waals surface area (Å²) in [6.07, 6.45) is 0. The molecule has 0 fully saturated rings. The molecule has 0 aliphatic heterocycles. The van der Waals surface area contributed by atoms with Crippen molar-refractivity contribution < 1.29 is 25.3 Å². The van der Waals surface area contributed by atoms with Gasteiger partial charge in [-0.1, -0.05) is 0 Å². The number of hydrogen-bond donors (Lipinski definition) is 5. The van der Waals surface area contributed by atoms with Gasteiger partial charge in [-0.25, -0.2) is 0 Å². The van der Waals surface area contributed by atoms with Crippen LogP contribution in [0.25, 0.3) is 0 Å². The van der Waals surface area contributed by atoms with Gasteiger partial charge in [-0.05, 0) is 35.4 Å². The second-order valence-electron chi connectivity index (χ2n) is 4.33. The van der Waals surface area contributed by atoms with Crippen LogP contribution in [-0.2, 0) is 18.0 Å². The second kappa shape index (κ2) is 6.14. The summed E-state index contributed by atoms with van der Waals surface area (Å²) >= 11 is 0. The van der Waals surface area contributed by atoms with E-state index in [1.807, 2.05) is 0 Å². The maximum atomic E-state index is 9.31. The summed E-state index contributed by atoms with van der Waals surface area (Å²) in [5.74, 6) is -0.137. The average Bonchev–Trinajstić information content (AvgIpc) is 2.32. The zero-order valence-corrected chi connectivity index (χ0v) is 10.6. The third-order valence-electron chi connectivity index (χ3n) is 2.54. The standard InChI is InChI=1S/C14H15NO5/c16-11-1-9(2-12(17)5-11)7-15-20-8-10-3-13(18)6-14(19)4-10/h1-6,15-19H,7-8H2. The van der Waals surface area contributed by atoms with Crippen molar-refractivity contribution in [1.29, 1.82) is 0 Å². The van der Waals surface area contributed by atoms with E-state index < -0.39 is 0 Å². The Labute approximate surface area is 115 Å². The highest BCUT2D eigenvalue weighted by molar-refractivity contribution is 5.37. The molecule has 2 aromatic rings. The highest BCUT2D eigenvalue weighted by atomic mass is 16.6. The lowest BCUT2D eigenvalue weighted by molar-refractivity contribution is 0.0233. The van der Waals surface area contributed by atoms with E-state index in [0.29, 0.717) is 11.1 Å². The van der Waals surface area contributed by atoms with Gasteiger partial charge in [0.2, 0.25) is 0 Å². The SMILES string of the molecule is Oc1cc(O)cc(CNOCc2cc(O)cc(O)c2)c1. The molecule has 0 aliphatic rings. The van der Waals surface area contributed by atoms with Crippen LogP contribution < -0.4 is 5.48 Å². The van der Waals surface area contributed by atoms with Crippen LogP contribution in [0.3, 0.4) is 0 Å². The van der Waals surface area contributed by atoms with Crippen molar-refractivity contribution in [2.75, 3.05) is 0 Å². The fourth-order valence-electron chi connectivity index (χ4n) is 1.77. The fraction of sp³-hybridized carbons (Fsp3) is 0.143. The predicted octanol–water partition coefficient (Wildman–Crippen LogP) is 1.73. The van der Waals surface area contributed by atoms with Crippen molar-refractivity contribution in [2.24, 2.45) is 0 Å². The Hall–Kier alpha value is -2.44. The van der Waals surface area contributed by atoms with Crippen LogP contribution in [0.5, 0.6) is 23.0 Å². The molecule has 2 aromatic carbocycles. The van der Waals surface area contributed by atoms with E-state index in [4.69, 9.17) is 4.84 Å². The molecule has 6 nitrogen and oxygen atoms in total. The van der Waals surface area contributed by atoms with Gasteiger partial charge in [0.1, 0.15) is 23.0 Å². The quantitative estimate of drug-likeness (QED) is 0.421. The van der Waals surface area contributed by atoms with Crippen LogP contribution in [0.15, 0.2) is 36.4 Å². The van der Waals surface area contributed by atoms with E-state index in [9.17, 15) is 20.4 Å². The Balaban J connectivity index is 1.84. The van der Waals surface area contributed by atoms with E-state index in [1.54, 1.807) is 0 Å². The molecule has 20 heavy (non-hydrogen) atoms. The van der Waals surface area contributed by atoms with Crippen LogP contribution in [-0.4, -0.2) is 20.4 Å². The third-order valence-corrected chi connectivity index (χ3v) is 2.54. The first kappa shape index (κ1) is 14.0. The zero-order valence-electron chi connectivity index (χ0n) is 10.6. The highest BCUT2D eigenvalue weighted by Gasteiger charge is 2.01. The summed E-state index contributed by atoms with van der Waals surface area (Å²) in [6, 6.07) is 8.40. The molecule has 0 radical (unpaired) electrons. The smallest absolute Gasteiger partial charge is 0.119 e. The Morgan fingerprint density at radius 3 is 1.65 bits per heavy atom. The summed E-state index contributed by atoms with van der Waals surface area (Å²) < 4.78 is 0. The van der Waals surface area contributed by atoms with Gasteiger partial charge in [-0.3, -0.25) is 4.84 Å². The highest BCUT2D eigenvalue weighted by Crippen LogP contribution is 2.21. The molecule has 0 atom stereocenters.